The van der Waals surface area contributed by atoms with Crippen LogP contribution >= 0.6 is 0 Å². The smallest absolute Gasteiger partial charge is 0.306 e. The molecule has 0 aromatic heterocycles. The van der Waals surface area contributed by atoms with E-state index in [0.717, 1.165) is 69.6 Å². The third-order valence-electron chi connectivity index (χ3n) is 14.7. The Labute approximate surface area is 438 Å². The average molecular weight is 990 g/mol. The standard InChI is InChI=1S/C64H124O6/c1-6-7-8-9-10-11-12-13-14-15-18-26-31-36-41-46-51-56-64(67)70-61(58-69-63(66)55-50-45-40-35-30-25-21-20-23-28-33-38-43-48-53-60(4)5)57-68-62(65)54-49-44-39-34-29-24-19-16-17-22-27-32-37-42-47-52-59(2)3/h59-61H,6-58H2,1-5H3/t61-/m1/s1. The second kappa shape index (κ2) is 56.7. The van der Waals surface area contributed by atoms with E-state index in [1.165, 1.54) is 250 Å². The molecule has 0 unspecified atom stereocenters. The summed E-state index contributed by atoms with van der Waals surface area (Å²) < 4.78 is 17.0. The molecule has 0 aliphatic carbocycles. The Kier molecular flexibility index (Phi) is 55.4. The van der Waals surface area contributed by atoms with Crippen LogP contribution in [0.25, 0.3) is 0 Å². The molecule has 1 atom stereocenters. The molecule has 0 amide bonds. The maximum Gasteiger partial charge on any atom is 0.306 e. The SMILES string of the molecule is CCCCCCCCCCCCCCCCCCCC(=O)O[C@H](COC(=O)CCCCCCCCCCCCCCCCCC(C)C)COC(=O)CCCCCCCCCCCCCCCCC(C)C. The number of carbonyl (C=O) groups is 3. The molecule has 6 heteroatoms. The predicted octanol–water partition coefficient (Wildman–Crippen LogP) is 21.2. The minimum absolute atomic E-state index is 0.0619. The Hall–Kier alpha value is -1.59. The first-order valence-corrected chi connectivity index (χ1v) is 31.7. The van der Waals surface area contributed by atoms with Gasteiger partial charge in [0.15, 0.2) is 6.10 Å². The van der Waals surface area contributed by atoms with E-state index in [1.807, 2.05) is 0 Å². The zero-order chi connectivity index (χ0) is 51.1. The van der Waals surface area contributed by atoms with Crippen LogP contribution in [0.15, 0.2) is 0 Å². The highest BCUT2D eigenvalue weighted by Gasteiger charge is 2.19. The largest absolute Gasteiger partial charge is 0.462 e. The molecule has 0 heterocycles. The highest BCUT2D eigenvalue weighted by atomic mass is 16.6. The monoisotopic (exact) mass is 989 g/mol. The van der Waals surface area contributed by atoms with Crippen LogP contribution in [0.3, 0.4) is 0 Å². The highest BCUT2D eigenvalue weighted by molar-refractivity contribution is 5.71. The lowest BCUT2D eigenvalue weighted by atomic mass is 10.0. The van der Waals surface area contributed by atoms with Gasteiger partial charge in [0.25, 0.3) is 0 Å². The van der Waals surface area contributed by atoms with Crippen molar-refractivity contribution in [2.75, 3.05) is 13.2 Å². The fourth-order valence-electron chi connectivity index (χ4n) is 9.93. The summed E-state index contributed by atoms with van der Waals surface area (Å²) in [6.45, 7) is 11.5. The Morgan fingerprint density at radius 1 is 0.271 bits per heavy atom. The van der Waals surface area contributed by atoms with Crippen LogP contribution in [-0.2, 0) is 28.6 Å². The fourth-order valence-corrected chi connectivity index (χ4v) is 9.93. The maximum absolute atomic E-state index is 12.9. The van der Waals surface area contributed by atoms with Crippen molar-refractivity contribution in [2.24, 2.45) is 11.8 Å². The third kappa shape index (κ3) is 57.3. The van der Waals surface area contributed by atoms with E-state index in [9.17, 15) is 14.4 Å². The molecular formula is C64H124O6. The van der Waals surface area contributed by atoms with E-state index in [0.29, 0.717) is 19.3 Å². The molecular weight excluding hydrogens is 865 g/mol. The zero-order valence-corrected chi connectivity index (χ0v) is 48.2. The lowest BCUT2D eigenvalue weighted by Crippen LogP contribution is -2.30. The summed E-state index contributed by atoms with van der Waals surface area (Å²) in [5.74, 6) is 0.863. The Bertz CT molecular complexity index is 1070. The number of carbonyl (C=O) groups excluding carboxylic acids is 3. The molecule has 0 aliphatic heterocycles. The lowest BCUT2D eigenvalue weighted by molar-refractivity contribution is -0.167. The van der Waals surface area contributed by atoms with Crippen molar-refractivity contribution in [2.45, 2.75) is 368 Å². The third-order valence-corrected chi connectivity index (χ3v) is 14.7. The Morgan fingerprint density at radius 2 is 0.471 bits per heavy atom. The summed E-state index contributed by atoms with van der Waals surface area (Å²) in [5, 5.41) is 0. The fraction of sp³-hybridized carbons (Fsp3) is 0.953. The molecule has 0 spiro atoms. The molecule has 0 bridgehead atoms. The van der Waals surface area contributed by atoms with Gasteiger partial charge in [-0.1, -0.05) is 324 Å². The molecule has 0 aliphatic rings. The summed E-state index contributed by atoms with van der Waals surface area (Å²) in [6, 6.07) is 0. The van der Waals surface area contributed by atoms with Gasteiger partial charge in [0.1, 0.15) is 13.2 Å². The van der Waals surface area contributed by atoms with Crippen molar-refractivity contribution in [3.63, 3.8) is 0 Å². The van der Waals surface area contributed by atoms with Gasteiger partial charge in [-0.2, -0.15) is 0 Å². The van der Waals surface area contributed by atoms with E-state index in [1.54, 1.807) is 0 Å². The quantitative estimate of drug-likeness (QED) is 0.0343. The van der Waals surface area contributed by atoms with Crippen molar-refractivity contribution < 1.29 is 28.6 Å². The second-order valence-electron chi connectivity index (χ2n) is 23.0. The molecule has 0 rings (SSSR count). The second-order valence-corrected chi connectivity index (χ2v) is 23.0. The van der Waals surface area contributed by atoms with Crippen molar-refractivity contribution in [3.05, 3.63) is 0 Å². The Morgan fingerprint density at radius 3 is 0.700 bits per heavy atom. The Balaban J connectivity index is 4.29. The molecule has 0 saturated carbocycles. The van der Waals surface area contributed by atoms with Gasteiger partial charge in [0.05, 0.1) is 0 Å². The van der Waals surface area contributed by atoms with Crippen LogP contribution in [0.4, 0.5) is 0 Å². The van der Waals surface area contributed by atoms with E-state index in [4.69, 9.17) is 14.2 Å². The number of rotatable bonds is 58. The van der Waals surface area contributed by atoms with Crippen molar-refractivity contribution in [1.82, 2.24) is 0 Å². The number of hydrogen-bond donors (Lipinski definition) is 0. The van der Waals surface area contributed by atoms with Crippen LogP contribution in [0, 0.1) is 11.8 Å². The van der Waals surface area contributed by atoms with E-state index in [-0.39, 0.29) is 31.1 Å². The van der Waals surface area contributed by atoms with Crippen LogP contribution in [0.2, 0.25) is 0 Å². The van der Waals surface area contributed by atoms with E-state index >= 15 is 0 Å². The normalized spacial score (nSPS) is 12.0. The molecule has 0 radical (unpaired) electrons. The number of esters is 3. The first-order chi connectivity index (χ1) is 34.2. The van der Waals surface area contributed by atoms with Gasteiger partial charge in [-0.25, -0.2) is 0 Å². The van der Waals surface area contributed by atoms with Crippen molar-refractivity contribution >= 4 is 17.9 Å². The summed E-state index contributed by atoms with van der Waals surface area (Å²) in [7, 11) is 0. The van der Waals surface area contributed by atoms with Crippen molar-refractivity contribution in [3.8, 4) is 0 Å². The van der Waals surface area contributed by atoms with Crippen LogP contribution in [-0.4, -0.2) is 37.2 Å². The highest BCUT2D eigenvalue weighted by Crippen LogP contribution is 2.19. The molecule has 416 valence electrons. The minimum atomic E-state index is -0.763. The first-order valence-electron chi connectivity index (χ1n) is 31.7. The van der Waals surface area contributed by atoms with Crippen molar-refractivity contribution in [1.29, 1.82) is 0 Å². The lowest BCUT2D eigenvalue weighted by Gasteiger charge is -2.18. The van der Waals surface area contributed by atoms with E-state index < -0.39 is 6.10 Å². The van der Waals surface area contributed by atoms with Crippen LogP contribution < -0.4 is 0 Å². The predicted molar refractivity (Wildman–Crippen MR) is 303 cm³/mol. The summed E-state index contributed by atoms with van der Waals surface area (Å²) >= 11 is 0. The van der Waals surface area contributed by atoms with Gasteiger partial charge in [-0.3, -0.25) is 14.4 Å². The molecule has 6 nitrogen and oxygen atoms in total. The van der Waals surface area contributed by atoms with Gasteiger partial charge in [0, 0.05) is 19.3 Å². The summed E-state index contributed by atoms with van der Waals surface area (Å²) in [6.07, 6.45) is 62.4. The van der Waals surface area contributed by atoms with E-state index in [2.05, 4.69) is 34.6 Å². The van der Waals surface area contributed by atoms with Gasteiger partial charge in [-0.05, 0) is 31.1 Å². The zero-order valence-electron chi connectivity index (χ0n) is 48.2. The van der Waals surface area contributed by atoms with Gasteiger partial charge in [0.2, 0.25) is 0 Å². The molecule has 0 aromatic carbocycles. The molecule has 0 aromatic rings. The number of ether oxygens (including phenoxy) is 3. The molecule has 0 N–H and O–H groups in total. The molecule has 0 saturated heterocycles. The summed E-state index contributed by atoms with van der Waals surface area (Å²) in [5.41, 5.74) is 0. The van der Waals surface area contributed by atoms with Gasteiger partial charge >= 0.3 is 17.9 Å². The number of unbranched alkanes of at least 4 members (excludes halogenated alkanes) is 43. The molecule has 70 heavy (non-hydrogen) atoms. The molecule has 0 fully saturated rings. The minimum Gasteiger partial charge on any atom is -0.462 e. The van der Waals surface area contributed by atoms with Gasteiger partial charge in [-0.15, -0.1) is 0 Å². The van der Waals surface area contributed by atoms with Crippen LogP contribution in [0.5, 0.6) is 0 Å². The summed E-state index contributed by atoms with van der Waals surface area (Å²) in [4.78, 5) is 38.3. The topological polar surface area (TPSA) is 78.9 Å². The first kappa shape index (κ1) is 68.4. The maximum atomic E-state index is 12.9. The van der Waals surface area contributed by atoms with Gasteiger partial charge < -0.3 is 14.2 Å². The number of hydrogen-bond acceptors (Lipinski definition) is 6. The average Bonchev–Trinajstić information content (AvgIpc) is 3.33. The van der Waals surface area contributed by atoms with Crippen LogP contribution in [0.1, 0.15) is 362 Å².